The highest BCUT2D eigenvalue weighted by molar-refractivity contribution is 9.10. The van der Waals surface area contributed by atoms with Gasteiger partial charge in [-0.3, -0.25) is 0 Å². The van der Waals surface area contributed by atoms with Gasteiger partial charge in [0, 0.05) is 9.50 Å². The minimum atomic E-state index is -0.394. The van der Waals surface area contributed by atoms with Crippen LogP contribution in [0.5, 0.6) is 0 Å². The predicted octanol–water partition coefficient (Wildman–Crippen LogP) is 5.13. The first kappa shape index (κ1) is 12.4. The lowest BCUT2D eigenvalue weighted by Gasteiger charge is -2.02. The summed E-state index contributed by atoms with van der Waals surface area (Å²) in [7, 11) is 0. The van der Waals surface area contributed by atoms with E-state index in [-0.39, 0.29) is 6.01 Å². The van der Waals surface area contributed by atoms with Crippen molar-refractivity contribution in [2.75, 3.05) is 5.32 Å². The Morgan fingerprint density at radius 1 is 1.21 bits per heavy atom. The first-order valence-corrected chi connectivity index (χ1v) is 6.57. The molecule has 0 aliphatic carbocycles. The zero-order valence-electron chi connectivity index (χ0n) is 9.45. The molecule has 2 aromatic carbocycles. The quantitative estimate of drug-likeness (QED) is 0.702. The lowest BCUT2D eigenvalue weighted by Crippen LogP contribution is -1.93. The molecule has 1 N–H and O–H groups in total. The monoisotopic (exact) mass is 340 g/mol. The molecular formula is C13H7BrClFN2O. The van der Waals surface area contributed by atoms with Crippen molar-refractivity contribution in [3.8, 4) is 0 Å². The van der Waals surface area contributed by atoms with Gasteiger partial charge in [-0.2, -0.15) is 4.98 Å². The molecule has 1 aromatic heterocycles. The fraction of sp³-hybridized carbons (Fsp3) is 0. The van der Waals surface area contributed by atoms with Crippen LogP contribution in [0.4, 0.5) is 16.1 Å². The zero-order valence-corrected chi connectivity index (χ0v) is 11.8. The Balaban J connectivity index is 1.96. The van der Waals surface area contributed by atoms with Gasteiger partial charge in [-0.1, -0.05) is 27.5 Å². The SMILES string of the molecule is Fc1cc(Br)ccc1Nc1nc2cc(Cl)ccc2o1. The van der Waals surface area contributed by atoms with Crippen molar-refractivity contribution in [3.05, 3.63) is 51.7 Å². The topological polar surface area (TPSA) is 38.1 Å². The van der Waals surface area contributed by atoms with Gasteiger partial charge in [0.1, 0.15) is 11.3 Å². The number of oxazole rings is 1. The third kappa shape index (κ3) is 2.57. The van der Waals surface area contributed by atoms with Gasteiger partial charge < -0.3 is 9.73 Å². The molecule has 3 aromatic rings. The molecule has 1 heterocycles. The first-order chi connectivity index (χ1) is 9.11. The summed E-state index contributed by atoms with van der Waals surface area (Å²) < 4.78 is 19.8. The molecule has 0 atom stereocenters. The maximum absolute atomic E-state index is 13.7. The van der Waals surface area contributed by atoms with E-state index in [1.54, 1.807) is 30.3 Å². The Bertz CT molecular complexity index is 759. The normalized spacial score (nSPS) is 10.9. The summed E-state index contributed by atoms with van der Waals surface area (Å²) in [4.78, 5) is 4.19. The van der Waals surface area contributed by atoms with Gasteiger partial charge in [0.2, 0.25) is 0 Å². The van der Waals surface area contributed by atoms with E-state index in [2.05, 4.69) is 26.2 Å². The van der Waals surface area contributed by atoms with Gasteiger partial charge in [0.05, 0.1) is 5.69 Å². The van der Waals surface area contributed by atoms with E-state index in [9.17, 15) is 4.39 Å². The number of nitrogens with one attached hydrogen (secondary N) is 1. The van der Waals surface area contributed by atoms with Crippen molar-refractivity contribution < 1.29 is 8.81 Å². The third-order valence-electron chi connectivity index (χ3n) is 2.52. The Morgan fingerprint density at radius 3 is 2.84 bits per heavy atom. The summed E-state index contributed by atoms with van der Waals surface area (Å²) in [5.74, 6) is -0.394. The Labute approximate surface area is 121 Å². The van der Waals surface area contributed by atoms with Crippen molar-refractivity contribution in [1.29, 1.82) is 0 Å². The molecule has 0 bridgehead atoms. The molecule has 96 valence electrons. The summed E-state index contributed by atoms with van der Waals surface area (Å²) >= 11 is 9.06. The molecule has 0 saturated carbocycles. The number of rotatable bonds is 2. The third-order valence-corrected chi connectivity index (χ3v) is 3.25. The van der Waals surface area contributed by atoms with Crippen LogP contribution in [0, 0.1) is 5.82 Å². The van der Waals surface area contributed by atoms with E-state index in [1.165, 1.54) is 6.07 Å². The minimum absolute atomic E-state index is 0.221. The molecule has 0 radical (unpaired) electrons. The molecule has 0 spiro atoms. The van der Waals surface area contributed by atoms with E-state index < -0.39 is 5.82 Å². The summed E-state index contributed by atoms with van der Waals surface area (Å²) in [6.07, 6.45) is 0. The Hall–Kier alpha value is -1.59. The number of nitrogens with zero attached hydrogens (tertiary/aromatic N) is 1. The molecule has 3 rings (SSSR count). The van der Waals surface area contributed by atoms with Crippen LogP contribution in [0.3, 0.4) is 0 Å². The van der Waals surface area contributed by atoms with Crippen LogP contribution in [-0.2, 0) is 0 Å². The number of aromatic nitrogens is 1. The second-order valence-electron chi connectivity index (χ2n) is 3.88. The first-order valence-electron chi connectivity index (χ1n) is 5.40. The fourth-order valence-corrected chi connectivity index (χ4v) is 2.16. The van der Waals surface area contributed by atoms with Crippen LogP contribution < -0.4 is 5.32 Å². The van der Waals surface area contributed by atoms with Gasteiger partial charge in [0.25, 0.3) is 6.01 Å². The average Bonchev–Trinajstić information content (AvgIpc) is 2.74. The second-order valence-corrected chi connectivity index (χ2v) is 5.23. The highest BCUT2D eigenvalue weighted by Crippen LogP contribution is 2.26. The summed E-state index contributed by atoms with van der Waals surface area (Å²) in [5, 5.41) is 3.36. The molecule has 19 heavy (non-hydrogen) atoms. The standard InChI is InChI=1S/C13H7BrClFN2O/c14-7-1-3-10(9(16)5-7)17-13-18-11-6-8(15)2-4-12(11)19-13/h1-6H,(H,17,18). The van der Waals surface area contributed by atoms with Gasteiger partial charge in [-0.05, 0) is 36.4 Å². The van der Waals surface area contributed by atoms with Crippen molar-refractivity contribution in [3.63, 3.8) is 0 Å². The molecule has 0 fully saturated rings. The number of hydrogen-bond acceptors (Lipinski definition) is 3. The minimum Gasteiger partial charge on any atom is -0.423 e. The van der Waals surface area contributed by atoms with Crippen LogP contribution >= 0.6 is 27.5 Å². The summed E-state index contributed by atoms with van der Waals surface area (Å²) in [6, 6.07) is 10.0. The number of hydrogen-bond donors (Lipinski definition) is 1. The van der Waals surface area contributed by atoms with Gasteiger partial charge in [0.15, 0.2) is 5.58 Å². The van der Waals surface area contributed by atoms with Crippen LogP contribution in [0.15, 0.2) is 45.3 Å². The van der Waals surface area contributed by atoms with Crippen molar-refractivity contribution in [1.82, 2.24) is 4.98 Å². The Morgan fingerprint density at radius 2 is 2.05 bits per heavy atom. The van der Waals surface area contributed by atoms with E-state index in [0.717, 1.165) is 0 Å². The highest BCUT2D eigenvalue weighted by atomic mass is 79.9. The van der Waals surface area contributed by atoms with Gasteiger partial charge in [-0.25, -0.2) is 4.39 Å². The van der Waals surface area contributed by atoms with Crippen molar-refractivity contribution >= 4 is 50.3 Å². The molecule has 0 amide bonds. The summed E-state index contributed by atoms with van der Waals surface area (Å²) in [5.41, 5.74) is 1.50. The molecule has 3 nitrogen and oxygen atoms in total. The second kappa shape index (κ2) is 4.83. The van der Waals surface area contributed by atoms with Crippen LogP contribution in [-0.4, -0.2) is 4.98 Å². The van der Waals surface area contributed by atoms with Crippen LogP contribution in [0.2, 0.25) is 5.02 Å². The lowest BCUT2D eigenvalue weighted by atomic mass is 10.3. The number of halogens is 3. The fourth-order valence-electron chi connectivity index (χ4n) is 1.66. The van der Waals surface area contributed by atoms with E-state index in [4.69, 9.17) is 16.0 Å². The maximum Gasteiger partial charge on any atom is 0.300 e. The molecule has 6 heteroatoms. The number of benzene rings is 2. The predicted molar refractivity (Wildman–Crippen MR) is 76.4 cm³/mol. The zero-order chi connectivity index (χ0) is 13.4. The van der Waals surface area contributed by atoms with E-state index in [1.807, 2.05) is 0 Å². The van der Waals surface area contributed by atoms with Gasteiger partial charge in [-0.15, -0.1) is 0 Å². The average molecular weight is 342 g/mol. The lowest BCUT2D eigenvalue weighted by molar-refractivity contribution is 0.611. The number of anilines is 2. The van der Waals surface area contributed by atoms with Crippen molar-refractivity contribution in [2.24, 2.45) is 0 Å². The van der Waals surface area contributed by atoms with Crippen LogP contribution in [0.1, 0.15) is 0 Å². The summed E-state index contributed by atoms with van der Waals surface area (Å²) in [6.45, 7) is 0. The van der Waals surface area contributed by atoms with E-state index in [0.29, 0.717) is 26.3 Å². The maximum atomic E-state index is 13.7. The van der Waals surface area contributed by atoms with E-state index >= 15 is 0 Å². The highest BCUT2D eigenvalue weighted by Gasteiger charge is 2.09. The smallest absolute Gasteiger partial charge is 0.300 e. The molecular weight excluding hydrogens is 335 g/mol. The van der Waals surface area contributed by atoms with Crippen LogP contribution in [0.25, 0.3) is 11.1 Å². The molecule has 0 unspecified atom stereocenters. The largest absolute Gasteiger partial charge is 0.423 e. The van der Waals surface area contributed by atoms with Crippen molar-refractivity contribution in [2.45, 2.75) is 0 Å². The number of fused-ring (bicyclic) bond motifs is 1. The Kier molecular flexibility index (Phi) is 3.16. The molecule has 0 aliphatic rings. The molecule has 0 saturated heterocycles. The van der Waals surface area contributed by atoms with Gasteiger partial charge >= 0.3 is 0 Å². The molecule has 0 aliphatic heterocycles.